The van der Waals surface area contributed by atoms with Gasteiger partial charge in [-0.3, -0.25) is 0 Å². The summed E-state index contributed by atoms with van der Waals surface area (Å²) < 4.78 is 0. The Morgan fingerprint density at radius 1 is 1.25 bits per heavy atom. The Hall–Kier alpha value is -0.440. The molecule has 0 spiro atoms. The van der Waals surface area contributed by atoms with Crippen LogP contribution in [0.5, 0.6) is 0 Å². The molecule has 0 aliphatic heterocycles. The first-order valence-electron chi connectivity index (χ1n) is 5.53. The van der Waals surface area contributed by atoms with E-state index in [0.29, 0.717) is 16.1 Å². The third kappa shape index (κ3) is 2.29. The first-order valence-corrected chi connectivity index (χ1v) is 6.28. The number of hydrogen-bond acceptors (Lipinski definition) is 2. The van der Waals surface area contributed by atoms with Crippen LogP contribution in [0.25, 0.3) is 0 Å². The fraction of sp³-hybridized carbons (Fsp3) is 0.500. The molecule has 1 saturated carbocycles. The summed E-state index contributed by atoms with van der Waals surface area (Å²) in [6.45, 7) is 0. The van der Waals surface area contributed by atoms with E-state index in [0.717, 1.165) is 18.5 Å². The van der Waals surface area contributed by atoms with Crippen LogP contribution in [0, 0.1) is 0 Å². The number of hydrogen-bond donors (Lipinski definition) is 1. The predicted octanol–water partition coefficient (Wildman–Crippen LogP) is 3.31. The average Bonchev–Trinajstić information content (AvgIpc) is 2.67. The standard InChI is InChI=1S/C12H16Cl2N2/c1-16(12-4-2-3-11(12)15)8-5-6-9(13)10(14)7-8/h5-7,11-12H,2-4,15H2,1H3. The van der Waals surface area contributed by atoms with Crippen LogP contribution < -0.4 is 10.6 Å². The SMILES string of the molecule is CN(c1ccc(Cl)c(Cl)c1)C1CCCC1N. The van der Waals surface area contributed by atoms with Gasteiger partial charge >= 0.3 is 0 Å². The van der Waals surface area contributed by atoms with Gasteiger partial charge in [0.15, 0.2) is 0 Å². The second-order valence-corrected chi connectivity index (χ2v) is 5.19. The van der Waals surface area contributed by atoms with E-state index in [9.17, 15) is 0 Å². The first kappa shape index (κ1) is 12.0. The molecule has 2 rings (SSSR count). The normalized spacial score (nSPS) is 24.8. The summed E-state index contributed by atoms with van der Waals surface area (Å²) in [4.78, 5) is 2.21. The largest absolute Gasteiger partial charge is 0.370 e. The van der Waals surface area contributed by atoms with E-state index in [4.69, 9.17) is 28.9 Å². The van der Waals surface area contributed by atoms with Crippen molar-refractivity contribution in [2.45, 2.75) is 31.3 Å². The minimum absolute atomic E-state index is 0.263. The van der Waals surface area contributed by atoms with Crippen LogP contribution in [0.4, 0.5) is 5.69 Å². The molecule has 1 aromatic rings. The summed E-state index contributed by atoms with van der Waals surface area (Å²) in [5, 5.41) is 1.19. The van der Waals surface area contributed by atoms with Gasteiger partial charge in [0.25, 0.3) is 0 Å². The molecule has 0 radical (unpaired) electrons. The molecule has 1 aromatic carbocycles. The zero-order valence-corrected chi connectivity index (χ0v) is 10.8. The Kier molecular flexibility index (Phi) is 3.63. The molecule has 1 fully saturated rings. The van der Waals surface area contributed by atoms with E-state index in [-0.39, 0.29) is 6.04 Å². The molecule has 2 unspecified atom stereocenters. The zero-order valence-electron chi connectivity index (χ0n) is 9.29. The minimum Gasteiger partial charge on any atom is -0.370 e. The fourth-order valence-corrected chi connectivity index (χ4v) is 2.64. The lowest BCUT2D eigenvalue weighted by atomic mass is 10.1. The van der Waals surface area contributed by atoms with Crippen LogP contribution in [0.1, 0.15) is 19.3 Å². The Morgan fingerprint density at radius 3 is 2.56 bits per heavy atom. The third-order valence-electron chi connectivity index (χ3n) is 3.34. The smallest absolute Gasteiger partial charge is 0.0612 e. The van der Waals surface area contributed by atoms with Gasteiger partial charge in [0.05, 0.1) is 10.0 Å². The van der Waals surface area contributed by atoms with E-state index in [1.54, 1.807) is 0 Å². The first-order chi connectivity index (χ1) is 7.59. The lowest BCUT2D eigenvalue weighted by Crippen LogP contribution is -2.42. The second kappa shape index (κ2) is 4.82. The Labute approximate surface area is 106 Å². The molecule has 2 N–H and O–H groups in total. The van der Waals surface area contributed by atoms with Gasteiger partial charge < -0.3 is 10.6 Å². The van der Waals surface area contributed by atoms with E-state index in [1.807, 2.05) is 18.2 Å². The van der Waals surface area contributed by atoms with E-state index < -0.39 is 0 Å². The van der Waals surface area contributed by atoms with Crippen LogP contribution in [-0.4, -0.2) is 19.1 Å². The maximum absolute atomic E-state index is 6.08. The van der Waals surface area contributed by atoms with Gasteiger partial charge in [-0.2, -0.15) is 0 Å². The zero-order chi connectivity index (χ0) is 11.7. The van der Waals surface area contributed by atoms with Gasteiger partial charge in [0.1, 0.15) is 0 Å². The van der Waals surface area contributed by atoms with E-state index >= 15 is 0 Å². The number of nitrogens with zero attached hydrogens (tertiary/aromatic N) is 1. The van der Waals surface area contributed by atoms with E-state index in [2.05, 4.69) is 11.9 Å². The molecule has 0 saturated heterocycles. The molecule has 0 heterocycles. The van der Waals surface area contributed by atoms with Crippen molar-refractivity contribution in [1.29, 1.82) is 0 Å². The monoisotopic (exact) mass is 258 g/mol. The van der Waals surface area contributed by atoms with Crippen LogP contribution in [-0.2, 0) is 0 Å². The highest BCUT2D eigenvalue weighted by atomic mass is 35.5. The molecule has 0 bridgehead atoms. The van der Waals surface area contributed by atoms with Gasteiger partial charge in [-0.1, -0.05) is 23.2 Å². The summed E-state index contributed by atoms with van der Waals surface area (Å²) in [6.07, 6.45) is 3.46. The number of anilines is 1. The minimum atomic E-state index is 0.263. The molecule has 2 nitrogen and oxygen atoms in total. The number of benzene rings is 1. The fourth-order valence-electron chi connectivity index (χ4n) is 2.35. The number of halogens is 2. The van der Waals surface area contributed by atoms with Crippen molar-refractivity contribution >= 4 is 28.9 Å². The van der Waals surface area contributed by atoms with Gasteiger partial charge in [0, 0.05) is 24.8 Å². The van der Waals surface area contributed by atoms with Gasteiger partial charge in [-0.05, 0) is 37.5 Å². The molecular formula is C12H16Cl2N2. The number of rotatable bonds is 2. The van der Waals surface area contributed by atoms with Crippen molar-refractivity contribution in [3.8, 4) is 0 Å². The summed E-state index contributed by atoms with van der Waals surface area (Å²) in [7, 11) is 2.06. The molecule has 88 valence electrons. The molecule has 0 amide bonds. The van der Waals surface area contributed by atoms with Crippen LogP contribution in [0.3, 0.4) is 0 Å². The highest BCUT2D eigenvalue weighted by molar-refractivity contribution is 6.42. The molecule has 4 heteroatoms. The van der Waals surface area contributed by atoms with Crippen molar-refractivity contribution in [2.24, 2.45) is 5.73 Å². The van der Waals surface area contributed by atoms with Gasteiger partial charge in [0.2, 0.25) is 0 Å². The van der Waals surface area contributed by atoms with Crippen molar-refractivity contribution in [2.75, 3.05) is 11.9 Å². The Balaban J connectivity index is 2.20. The number of likely N-dealkylation sites (N-methyl/N-ethyl adjacent to an activating group) is 1. The maximum Gasteiger partial charge on any atom is 0.0612 e. The van der Waals surface area contributed by atoms with Crippen molar-refractivity contribution in [3.05, 3.63) is 28.2 Å². The summed E-state index contributed by atoms with van der Waals surface area (Å²) in [6, 6.07) is 6.39. The van der Waals surface area contributed by atoms with Crippen LogP contribution >= 0.6 is 23.2 Å². The maximum atomic E-state index is 6.08. The molecule has 1 aliphatic rings. The summed E-state index contributed by atoms with van der Waals surface area (Å²) in [5.74, 6) is 0. The van der Waals surface area contributed by atoms with Crippen molar-refractivity contribution in [1.82, 2.24) is 0 Å². The highest BCUT2D eigenvalue weighted by Crippen LogP contribution is 2.30. The highest BCUT2D eigenvalue weighted by Gasteiger charge is 2.27. The Bertz CT molecular complexity index is 381. The van der Waals surface area contributed by atoms with Crippen molar-refractivity contribution < 1.29 is 0 Å². The number of nitrogens with two attached hydrogens (primary N) is 1. The second-order valence-electron chi connectivity index (χ2n) is 4.37. The topological polar surface area (TPSA) is 29.3 Å². The molecule has 16 heavy (non-hydrogen) atoms. The van der Waals surface area contributed by atoms with Crippen molar-refractivity contribution in [3.63, 3.8) is 0 Å². The molecule has 0 aromatic heterocycles. The lowest BCUT2D eigenvalue weighted by Gasteiger charge is -2.30. The Morgan fingerprint density at radius 2 is 2.00 bits per heavy atom. The molecular weight excluding hydrogens is 243 g/mol. The quantitative estimate of drug-likeness (QED) is 0.882. The molecule has 1 aliphatic carbocycles. The third-order valence-corrected chi connectivity index (χ3v) is 4.08. The molecule has 2 atom stereocenters. The predicted molar refractivity (Wildman–Crippen MR) is 70.5 cm³/mol. The van der Waals surface area contributed by atoms with Crippen LogP contribution in [0.2, 0.25) is 10.0 Å². The lowest BCUT2D eigenvalue weighted by molar-refractivity contribution is 0.573. The van der Waals surface area contributed by atoms with Gasteiger partial charge in [-0.15, -0.1) is 0 Å². The van der Waals surface area contributed by atoms with Crippen LogP contribution in [0.15, 0.2) is 18.2 Å². The summed E-state index contributed by atoms with van der Waals surface area (Å²) >= 11 is 11.9. The average molecular weight is 259 g/mol. The summed E-state index contributed by atoms with van der Waals surface area (Å²) in [5.41, 5.74) is 7.16. The van der Waals surface area contributed by atoms with E-state index in [1.165, 1.54) is 6.42 Å². The van der Waals surface area contributed by atoms with Gasteiger partial charge in [-0.25, -0.2) is 0 Å².